The molecule has 1 aromatic rings. The van der Waals surface area contributed by atoms with E-state index in [1.807, 2.05) is 0 Å². The highest BCUT2D eigenvalue weighted by Crippen LogP contribution is 2.16. The van der Waals surface area contributed by atoms with E-state index in [2.05, 4.69) is 14.7 Å². The van der Waals surface area contributed by atoms with Crippen molar-refractivity contribution in [3.8, 4) is 0 Å². The Labute approximate surface area is 83.6 Å². The Hall–Kier alpha value is -1.17. The molecule has 0 aromatic carbocycles. The van der Waals surface area contributed by atoms with Crippen LogP contribution in [0.3, 0.4) is 0 Å². The molecule has 5 nitrogen and oxygen atoms in total. The zero-order chi connectivity index (χ0) is 10.8. The van der Waals surface area contributed by atoms with Gasteiger partial charge >= 0.3 is 0 Å². The SMILES string of the molecule is CC(C)(C)S(=O)(=O)Nc1ncccn1. The number of aromatic nitrogens is 2. The average molecular weight is 215 g/mol. The van der Waals surface area contributed by atoms with Gasteiger partial charge in [-0.3, -0.25) is 4.72 Å². The van der Waals surface area contributed by atoms with Crippen molar-refractivity contribution in [2.45, 2.75) is 25.5 Å². The van der Waals surface area contributed by atoms with Gasteiger partial charge in [-0.25, -0.2) is 18.4 Å². The van der Waals surface area contributed by atoms with E-state index in [1.165, 1.54) is 12.4 Å². The van der Waals surface area contributed by atoms with Crippen molar-refractivity contribution in [2.24, 2.45) is 0 Å². The molecule has 1 rings (SSSR count). The van der Waals surface area contributed by atoms with Gasteiger partial charge in [-0.15, -0.1) is 0 Å². The molecule has 0 amide bonds. The Morgan fingerprint density at radius 1 is 1.21 bits per heavy atom. The number of hydrogen-bond acceptors (Lipinski definition) is 4. The maximum Gasteiger partial charge on any atom is 0.239 e. The standard InChI is InChI=1S/C8H13N3O2S/c1-8(2,3)14(12,13)11-7-9-5-4-6-10-7/h4-6H,1-3H3,(H,9,10,11). The predicted molar refractivity (Wildman–Crippen MR) is 54.3 cm³/mol. The van der Waals surface area contributed by atoms with Gasteiger partial charge in [0.05, 0.1) is 4.75 Å². The quantitative estimate of drug-likeness (QED) is 0.799. The first-order valence-electron chi connectivity index (χ1n) is 4.12. The summed E-state index contributed by atoms with van der Waals surface area (Å²) in [7, 11) is -3.43. The molecule has 1 heterocycles. The van der Waals surface area contributed by atoms with Gasteiger partial charge in [0.15, 0.2) is 0 Å². The lowest BCUT2D eigenvalue weighted by atomic mass is 10.3. The first-order valence-corrected chi connectivity index (χ1v) is 5.61. The largest absolute Gasteiger partial charge is 0.251 e. The molecule has 0 aliphatic rings. The van der Waals surface area contributed by atoms with Crippen molar-refractivity contribution in [3.63, 3.8) is 0 Å². The van der Waals surface area contributed by atoms with Crippen LogP contribution in [-0.4, -0.2) is 23.1 Å². The summed E-state index contributed by atoms with van der Waals surface area (Å²) in [5.74, 6) is 0.0995. The van der Waals surface area contributed by atoms with Crippen LogP contribution in [0.15, 0.2) is 18.5 Å². The van der Waals surface area contributed by atoms with Crippen molar-refractivity contribution in [1.29, 1.82) is 0 Å². The minimum atomic E-state index is -3.43. The summed E-state index contributed by atoms with van der Waals surface area (Å²) in [6.45, 7) is 4.83. The maximum atomic E-state index is 11.6. The van der Waals surface area contributed by atoms with Crippen LogP contribution in [0.5, 0.6) is 0 Å². The van der Waals surface area contributed by atoms with Gasteiger partial charge in [0.1, 0.15) is 0 Å². The number of rotatable bonds is 2. The summed E-state index contributed by atoms with van der Waals surface area (Å²) in [4.78, 5) is 7.55. The minimum absolute atomic E-state index is 0.0995. The summed E-state index contributed by atoms with van der Waals surface area (Å²) < 4.78 is 24.7. The van der Waals surface area contributed by atoms with Crippen LogP contribution in [0.1, 0.15) is 20.8 Å². The molecular formula is C8H13N3O2S. The zero-order valence-corrected chi connectivity index (χ0v) is 9.17. The molecule has 0 radical (unpaired) electrons. The van der Waals surface area contributed by atoms with Crippen molar-refractivity contribution in [2.75, 3.05) is 4.72 Å². The third-order valence-corrected chi connectivity index (χ3v) is 3.66. The topological polar surface area (TPSA) is 72.0 Å². The van der Waals surface area contributed by atoms with Crippen LogP contribution in [-0.2, 0) is 10.0 Å². The number of nitrogens with zero attached hydrogens (tertiary/aromatic N) is 2. The number of anilines is 1. The molecular weight excluding hydrogens is 202 g/mol. The highest BCUT2D eigenvalue weighted by molar-refractivity contribution is 7.94. The van der Waals surface area contributed by atoms with Crippen molar-refractivity contribution >= 4 is 16.0 Å². The smallest absolute Gasteiger partial charge is 0.239 e. The second-order valence-corrected chi connectivity index (χ2v) is 6.23. The van der Waals surface area contributed by atoms with Crippen LogP contribution in [0.2, 0.25) is 0 Å². The zero-order valence-electron chi connectivity index (χ0n) is 8.35. The molecule has 0 atom stereocenters. The predicted octanol–water partition coefficient (Wildman–Crippen LogP) is 1.02. The van der Waals surface area contributed by atoms with Crippen molar-refractivity contribution in [1.82, 2.24) is 9.97 Å². The van der Waals surface area contributed by atoms with E-state index in [0.29, 0.717) is 0 Å². The van der Waals surface area contributed by atoms with Gasteiger partial charge in [0.2, 0.25) is 16.0 Å². The van der Waals surface area contributed by atoms with Gasteiger partial charge < -0.3 is 0 Å². The third-order valence-electron chi connectivity index (χ3n) is 1.60. The average Bonchev–Trinajstić information content (AvgIpc) is 2.03. The fourth-order valence-corrected chi connectivity index (χ4v) is 1.28. The lowest BCUT2D eigenvalue weighted by Gasteiger charge is -2.19. The Morgan fingerprint density at radius 3 is 2.14 bits per heavy atom. The van der Waals surface area contributed by atoms with Crippen LogP contribution < -0.4 is 4.72 Å². The molecule has 0 saturated carbocycles. The number of hydrogen-bond donors (Lipinski definition) is 1. The summed E-state index contributed by atoms with van der Waals surface area (Å²) in [5.41, 5.74) is 0. The fourth-order valence-electron chi connectivity index (χ4n) is 0.625. The molecule has 0 fully saturated rings. The first kappa shape index (κ1) is 10.9. The van der Waals surface area contributed by atoms with E-state index in [-0.39, 0.29) is 5.95 Å². The fraction of sp³-hybridized carbons (Fsp3) is 0.500. The van der Waals surface area contributed by atoms with Gasteiger partial charge in [-0.1, -0.05) is 0 Å². The summed E-state index contributed by atoms with van der Waals surface area (Å²) >= 11 is 0. The minimum Gasteiger partial charge on any atom is -0.251 e. The van der Waals surface area contributed by atoms with Crippen LogP contribution in [0.4, 0.5) is 5.95 Å². The third kappa shape index (κ3) is 2.41. The second kappa shape index (κ2) is 3.53. The van der Waals surface area contributed by atoms with E-state index in [1.54, 1.807) is 26.8 Å². The van der Waals surface area contributed by atoms with Crippen molar-refractivity contribution in [3.05, 3.63) is 18.5 Å². The molecule has 6 heteroatoms. The van der Waals surface area contributed by atoms with Gasteiger partial charge in [0, 0.05) is 12.4 Å². The molecule has 14 heavy (non-hydrogen) atoms. The molecule has 0 saturated heterocycles. The highest BCUT2D eigenvalue weighted by Gasteiger charge is 2.29. The Morgan fingerprint density at radius 2 is 1.71 bits per heavy atom. The lowest BCUT2D eigenvalue weighted by molar-refractivity contribution is 0.565. The second-order valence-electron chi connectivity index (χ2n) is 3.79. The van der Waals surface area contributed by atoms with E-state index in [9.17, 15) is 8.42 Å². The summed E-state index contributed by atoms with van der Waals surface area (Å²) in [6.07, 6.45) is 2.96. The van der Waals surface area contributed by atoms with E-state index < -0.39 is 14.8 Å². The van der Waals surface area contributed by atoms with Crippen LogP contribution >= 0.6 is 0 Å². The number of sulfonamides is 1. The van der Waals surface area contributed by atoms with Crippen LogP contribution in [0, 0.1) is 0 Å². The van der Waals surface area contributed by atoms with Crippen molar-refractivity contribution < 1.29 is 8.42 Å². The Balaban J connectivity index is 2.91. The molecule has 78 valence electrons. The highest BCUT2D eigenvalue weighted by atomic mass is 32.2. The van der Waals surface area contributed by atoms with Gasteiger partial charge in [-0.05, 0) is 26.8 Å². The van der Waals surface area contributed by atoms with E-state index in [0.717, 1.165) is 0 Å². The summed E-state index contributed by atoms with van der Waals surface area (Å²) in [5, 5.41) is 0. The van der Waals surface area contributed by atoms with Crippen LogP contribution in [0.25, 0.3) is 0 Å². The Kier molecular flexibility index (Phi) is 2.75. The lowest BCUT2D eigenvalue weighted by Crippen LogP contribution is -2.34. The summed E-state index contributed by atoms with van der Waals surface area (Å²) in [6, 6.07) is 1.62. The molecule has 0 unspecified atom stereocenters. The first-order chi connectivity index (χ1) is 6.33. The molecule has 0 bridgehead atoms. The van der Waals surface area contributed by atoms with E-state index >= 15 is 0 Å². The normalized spacial score (nSPS) is 12.5. The molecule has 0 spiro atoms. The van der Waals surface area contributed by atoms with E-state index in [4.69, 9.17) is 0 Å². The molecule has 1 aromatic heterocycles. The maximum absolute atomic E-state index is 11.6. The molecule has 0 aliphatic heterocycles. The monoisotopic (exact) mass is 215 g/mol. The molecule has 1 N–H and O–H groups in total. The molecule has 0 aliphatic carbocycles. The van der Waals surface area contributed by atoms with Gasteiger partial charge in [0.25, 0.3) is 0 Å². The Bertz CT molecular complexity index is 394. The van der Waals surface area contributed by atoms with Gasteiger partial charge in [-0.2, -0.15) is 0 Å². The number of nitrogens with one attached hydrogen (secondary N) is 1.